The van der Waals surface area contributed by atoms with Gasteiger partial charge in [-0.2, -0.15) is 0 Å². The van der Waals surface area contributed by atoms with Gasteiger partial charge in [0, 0.05) is 0 Å². The molecule has 0 bridgehead atoms. The van der Waals surface area contributed by atoms with Crippen molar-refractivity contribution in [3.8, 4) is 0 Å². The minimum atomic E-state index is -1.44. The molecule has 6 nitrogen and oxygen atoms in total. The predicted molar refractivity (Wildman–Crippen MR) is 54.4 cm³/mol. The van der Waals surface area contributed by atoms with Crippen molar-refractivity contribution in [1.82, 2.24) is 5.32 Å². The lowest BCUT2D eigenvalue weighted by Crippen LogP contribution is -2.60. The van der Waals surface area contributed by atoms with Crippen LogP contribution in [0.1, 0.15) is 0 Å². The maximum Gasteiger partial charge on any atom is 0.251 e. The zero-order valence-corrected chi connectivity index (χ0v) is 9.10. The van der Waals surface area contributed by atoms with E-state index in [0.717, 1.165) is 11.8 Å². The molecule has 1 aliphatic heterocycles. The van der Waals surface area contributed by atoms with Gasteiger partial charge in [0.1, 0.15) is 11.5 Å². The van der Waals surface area contributed by atoms with E-state index in [2.05, 4.69) is 5.32 Å². The lowest BCUT2D eigenvalue weighted by atomic mass is 10.0. The summed E-state index contributed by atoms with van der Waals surface area (Å²) in [5.74, 6) is -0.974. The summed E-state index contributed by atoms with van der Waals surface area (Å²) in [4.78, 5) is 10.8. The molecule has 16 heavy (non-hydrogen) atoms. The van der Waals surface area contributed by atoms with Gasteiger partial charge in [0.05, 0.1) is 24.0 Å². The quantitative estimate of drug-likeness (QED) is 0.384. The second kappa shape index (κ2) is 5.78. The standard InChI is InChI=1S/C8H14FNO5S/c9-1-4(12)10-5-7(14)6(13)3(2-11)16-8(5)15/h3,5-8,11,13-15H,1-2H2,(H,10,12)/t3?,5?,6-,7?,8-/m1/s1. The number of aliphatic hydroxyl groups is 4. The van der Waals surface area contributed by atoms with Gasteiger partial charge < -0.3 is 25.7 Å². The molecule has 3 unspecified atom stereocenters. The second-order valence-electron chi connectivity index (χ2n) is 3.46. The summed E-state index contributed by atoms with van der Waals surface area (Å²) in [6.07, 6.45) is -2.73. The molecule has 0 aromatic carbocycles. The van der Waals surface area contributed by atoms with Crippen LogP contribution < -0.4 is 5.32 Å². The van der Waals surface area contributed by atoms with E-state index in [0.29, 0.717) is 0 Å². The average Bonchev–Trinajstić information content (AvgIpc) is 2.28. The molecule has 5 atom stereocenters. The van der Waals surface area contributed by atoms with Crippen molar-refractivity contribution in [3.63, 3.8) is 0 Å². The Bertz CT molecular complexity index is 257. The molecule has 1 saturated heterocycles. The van der Waals surface area contributed by atoms with E-state index < -0.39 is 48.1 Å². The fourth-order valence-corrected chi connectivity index (χ4v) is 2.64. The zero-order valence-electron chi connectivity index (χ0n) is 8.28. The van der Waals surface area contributed by atoms with Crippen LogP contribution in [0.4, 0.5) is 4.39 Å². The van der Waals surface area contributed by atoms with Gasteiger partial charge in [-0.05, 0) is 0 Å². The third-order valence-corrected chi connectivity index (χ3v) is 3.70. The van der Waals surface area contributed by atoms with Crippen LogP contribution >= 0.6 is 11.8 Å². The molecule has 0 saturated carbocycles. The first-order valence-corrected chi connectivity index (χ1v) is 5.61. The molecule has 1 rings (SSSR count). The molecule has 0 aliphatic carbocycles. The van der Waals surface area contributed by atoms with E-state index in [1.807, 2.05) is 0 Å². The average molecular weight is 255 g/mol. The van der Waals surface area contributed by atoms with Crippen LogP contribution in [0.5, 0.6) is 0 Å². The van der Waals surface area contributed by atoms with Crippen LogP contribution in [0.15, 0.2) is 0 Å². The first-order chi connectivity index (χ1) is 7.51. The van der Waals surface area contributed by atoms with Crippen molar-refractivity contribution >= 4 is 17.7 Å². The molecule has 1 amide bonds. The van der Waals surface area contributed by atoms with E-state index in [-0.39, 0.29) is 0 Å². The highest BCUT2D eigenvalue weighted by Gasteiger charge is 2.43. The first-order valence-electron chi connectivity index (χ1n) is 4.67. The van der Waals surface area contributed by atoms with E-state index in [4.69, 9.17) is 5.11 Å². The molecule has 1 aliphatic rings. The normalized spacial score (nSPS) is 39.4. The summed E-state index contributed by atoms with van der Waals surface area (Å²) in [5.41, 5.74) is -1.20. The van der Waals surface area contributed by atoms with Crippen molar-refractivity contribution in [2.45, 2.75) is 28.9 Å². The van der Waals surface area contributed by atoms with Crippen LogP contribution in [0.2, 0.25) is 0 Å². The number of thioether (sulfide) groups is 1. The minimum absolute atomic E-state index is 0.413. The maximum atomic E-state index is 12.0. The molecule has 1 fully saturated rings. The van der Waals surface area contributed by atoms with Crippen molar-refractivity contribution < 1.29 is 29.6 Å². The van der Waals surface area contributed by atoms with Gasteiger partial charge in [0.25, 0.3) is 5.91 Å². The van der Waals surface area contributed by atoms with Crippen molar-refractivity contribution in [3.05, 3.63) is 0 Å². The Hall–Kier alpha value is -0.410. The van der Waals surface area contributed by atoms with E-state index in [9.17, 15) is 24.5 Å². The van der Waals surface area contributed by atoms with Gasteiger partial charge in [0.2, 0.25) is 0 Å². The van der Waals surface area contributed by atoms with Crippen molar-refractivity contribution in [2.24, 2.45) is 0 Å². The summed E-state index contributed by atoms with van der Waals surface area (Å²) < 4.78 is 12.0. The summed E-state index contributed by atoms with van der Waals surface area (Å²) in [6.45, 7) is -1.68. The lowest BCUT2D eigenvalue weighted by molar-refractivity contribution is -0.125. The Labute approximate surface area is 95.5 Å². The topological polar surface area (TPSA) is 110 Å². The summed E-state index contributed by atoms with van der Waals surface area (Å²) in [7, 11) is 0. The molecule has 5 N–H and O–H groups in total. The van der Waals surface area contributed by atoms with Crippen LogP contribution in [0.25, 0.3) is 0 Å². The second-order valence-corrected chi connectivity index (χ2v) is 4.82. The molecular formula is C8H14FNO5S. The lowest BCUT2D eigenvalue weighted by Gasteiger charge is -2.39. The number of alkyl halides is 1. The van der Waals surface area contributed by atoms with E-state index in [1.54, 1.807) is 0 Å². The number of hydrogen-bond acceptors (Lipinski definition) is 6. The first kappa shape index (κ1) is 13.7. The van der Waals surface area contributed by atoms with Crippen LogP contribution in [0.3, 0.4) is 0 Å². The third-order valence-electron chi connectivity index (χ3n) is 2.35. The molecule has 8 heteroatoms. The van der Waals surface area contributed by atoms with Crippen LogP contribution in [-0.2, 0) is 4.79 Å². The van der Waals surface area contributed by atoms with Gasteiger partial charge in [-0.1, -0.05) is 0 Å². The zero-order chi connectivity index (χ0) is 12.3. The van der Waals surface area contributed by atoms with Crippen LogP contribution in [-0.4, -0.2) is 68.6 Å². The Morgan fingerprint density at radius 1 is 1.31 bits per heavy atom. The molecule has 0 radical (unpaired) electrons. The third kappa shape index (κ3) is 2.83. The molecule has 0 aromatic rings. The van der Waals surface area contributed by atoms with Crippen molar-refractivity contribution in [2.75, 3.05) is 13.3 Å². The number of nitrogens with one attached hydrogen (secondary N) is 1. The van der Waals surface area contributed by atoms with Crippen LogP contribution in [0, 0.1) is 0 Å². The predicted octanol–water partition coefficient (Wildman–Crippen LogP) is -2.41. The Morgan fingerprint density at radius 2 is 1.94 bits per heavy atom. The number of halogens is 1. The fraction of sp³-hybridized carbons (Fsp3) is 0.875. The van der Waals surface area contributed by atoms with E-state index in [1.165, 1.54) is 0 Å². The van der Waals surface area contributed by atoms with Crippen molar-refractivity contribution in [1.29, 1.82) is 0 Å². The maximum absolute atomic E-state index is 12.0. The number of aliphatic hydroxyl groups excluding tert-OH is 4. The minimum Gasteiger partial charge on any atom is -0.395 e. The largest absolute Gasteiger partial charge is 0.395 e. The number of rotatable bonds is 3. The molecule has 0 aromatic heterocycles. The van der Waals surface area contributed by atoms with E-state index >= 15 is 0 Å². The fourth-order valence-electron chi connectivity index (χ4n) is 1.48. The highest BCUT2D eigenvalue weighted by Crippen LogP contribution is 2.31. The number of hydrogen-bond donors (Lipinski definition) is 5. The van der Waals surface area contributed by atoms with Gasteiger partial charge >= 0.3 is 0 Å². The Morgan fingerprint density at radius 3 is 2.44 bits per heavy atom. The van der Waals surface area contributed by atoms with Gasteiger partial charge in [0.15, 0.2) is 6.67 Å². The highest BCUT2D eigenvalue weighted by molar-refractivity contribution is 8.00. The van der Waals surface area contributed by atoms with Gasteiger partial charge in [-0.15, -0.1) is 11.8 Å². The summed E-state index contributed by atoms with van der Waals surface area (Å²) in [5, 5.41) is 38.8. The molecule has 1 heterocycles. The monoisotopic (exact) mass is 255 g/mol. The number of carbonyl (C=O) groups is 1. The molecule has 94 valence electrons. The molecular weight excluding hydrogens is 241 g/mol. The Balaban J connectivity index is 2.67. The molecule has 0 spiro atoms. The number of amides is 1. The SMILES string of the molecule is O=C(CF)NC1C(O)[C@H](O)C(CO)S[C@H]1O. The summed E-state index contributed by atoms with van der Waals surface area (Å²) in [6, 6.07) is -1.15. The highest BCUT2D eigenvalue weighted by atomic mass is 32.2. The number of carbonyl (C=O) groups excluding carboxylic acids is 1. The summed E-state index contributed by atoms with van der Waals surface area (Å²) >= 11 is 0.817. The Kier molecular flexibility index (Phi) is 4.93. The smallest absolute Gasteiger partial charge is 0.251 e. The van der Waals surface area contributed by atoms with Gasteiger partial charge in [-0.25, -0.2) is 4.39 Å². The van der Waals surface area contributed by atoms with Gasteiger partial charge in [-0.3, -0.25) is 4.79 Å².